The molecule has 168 valence electrons. The van der Waals surface area contributed by atoms with Gasteiger partial charge in [0.25, 0.3) is 11.8 Å². The first kappa shape index (κ1) is 24.1. The highest BCUT2D eigenvalue weighted by Crippen LogP contribution is 2.09. The minimum absolute atomic E-state index is 0.304. The fourth-order valence-electron chi connectivity index (χ4n) is 3.14. The molecule has 2 aromatic rings. The van der Waals surface area contributed by atoms with Crippen molar-refractivity contribution in [2.75, 3.05) is 7.11 Å². The monoisotopic (exact) mass is 428 g/mol. The molecular formula is C23H32N4O4. The van der Waals surface area contributed by atoms with E-state index in [2.05, 4.69) is 27.6 Å². The van der Waals surface area contributed by atoms with Crippen LogP contribution >= 0.6 is 0 Å². The van der Waals surface area contributed by atoms with Gasteiger partial charge in [0.15, 0.2) is 0 Å². The first-order valence-corrected chi connectivity index (χ1v) is 10.9. The highest BCUT2D eigenvalue weighted by molar-refractivity contribution is 5.99. The quantitative estimate of drug-likeness (QED) is 0.303. The molecule has 0 atom stereocenters. The van der Waals surface area contributed by atoms with Crippen LogP contribution in [0.15, 0.2) is 36.7 Å². The Morgan fingerprint density at radius 3 is 2.00 bits per heavy atom. The molecule has 2 rings (SSSR count). The number of carbonyl (C=O) groups excluding carboxylic acids is 3. The van der Waals surface area contributed by atoms with E-state index in [0.29, 0.717) is 16.7 Å². The SMILES string of the molecule is CCCCCCCCCCn1cc(C(=O)NNC(=O)c2ccc(C(=O)OC)cc2)cn1. The predicted molar refractivity (Wildman–Crippen MR) is 118 cm³/mol. The van der Waals surface area contributed by atoms with E-state index in [-0.39, 0.29) is 0 Å². The zero-order chi connectivity index (χ0) is 22.5. The van der Waals surface area contributed by atoms with Gasteiger partial charge in [0, 0.05) is 18.3 Å². The van der Waals surface area contributed by atoms with Crippen LogP contribution in [0, 0.1) is 0 Å². The maximum absolute atomic E-state index is 12.2. The number of rotatable bonds is 12. The topological polar surface area (TPSA) is 102 Å². The van der Waals surface area contributed by atoms with Gasteiger partial charge in [0.05, 0.1) is 24.4 Å². The number of hydrogen-bond donors (Lipinski definition) is 2. The average Bonchev–Trinajstić information content (AvgIpc) is 3.27. The third-order valence-electron chi connectivity index (χ3n) is 4.99. The Hall–Kier alpha value is -3.16. The fourth-order valence-corrected chi connectivity index (χ4v) is 3.14. The Balaban J connectivity index is 1.70. The predicted octanol–water partition coefficient (Wildman–Crippen LogP) is 3.89. The van der Waals surface area contributed by atoms with Crippen LogP contribution in [-0.4, -0.2) is 34.7 Å². The zero-order valence-corrected chi connectivity index (χ0v) is 18.4. The molecule has 0 saturated heterocycles. The van der Waals surface area contributed by atoms with Gasteiger partial charge in [0.2, 0.25) is 0 Å². The summed E-state index contributed by atoms with van der Waals surface area (Å²) < 4.78 is 6.37. The number of amides is 2. The van der Waals surface area contributed by atoms with Crippen molar-refractivity contribution in [3.05, 3.63) is 53.3 Å². The summed E-state index contributed by atoms with van der Waals surface area (Å²) in [5.41, 5.74) is 5.75. The van der Waals surface area contributed by atoms with Crippen molar-refractivity contribution in [2.24, 2.45) is 0 Å². The van der Waals surface area contributed by atoms with Gasteiger partial charge < -0.3 is 4.74 Å². The van der Waals surface area contributed by atoms with Crippen molar-refractivity contribution >= 4 is 17.8 Å². The maximum Gasteiger partial charge on any atom is 0.337 e. The molecular weight excluding hydrogens is 396 g/mol. The molecule has 2 amide bonds. The third-order valence-corrected chi connectivity index (χ3v) is 4.99. The van der Waals surface area contributed by atoms with Crippen LogP contribution in [0.5, 0.6) is 0 Å². The van der Waals surface area contributed by atoms with Gasteiger partial charge >= 0.3 is 5.97 Å². The third kappa shape index (κ3) is 8.24. The summed E-state index contributed by atoms with van der Waals surface area (Å²) in [6, 6.07) is 5.93. The number of aryl methyl sites for hydroxylation is 1. The van der Waals surface area contributed by atoms with Crippen LogP contribution in [0.1, 0.15) is 89.4 Å². The van der Waals surface area contributed by atoms with Gasteiger partial charge in [-0.2, -0.15) is 5.10 Å². The molecule has 0 bridgehead atoms. The van der Waals surface area contributed by atoms with E-state index < -0.39 is 17.8 Å². The van der Waals surface area contributed by atoms with Gasteiger partial charge in [-0.3, -0.25) is 25.1 Å². The molecule has 1 aromatic carbocycles. The van der Waals surface area contributed by atoms with Gasteiger partial charge in [-0.05, 0) is 30.7 Å². The van der Waals surface area contributed by atoms with E-state index in [9.17, 15) is 14.4 Å². The van der Waals surface area contributed by atoms with E-state index >= 15 is 0 Å². The van der Waals surface area contributed by atoms with E-state index in [1.807, 2.05) is 0 Å². The first-order valence-electron chi connectivity index (χ1n) is 10.9. The molecule has 0 spiro atoms. The van der Waals surface area contributed by atoms with Crippen LogP contribution in [0.2, 0.25) is 0 Å². The Labute approximate surface area is 183 Å². The summed E-state index contributed by atoms with van der Waals surface area (Å²) in [4.78, 5) is 35.8. The van der Waals surface area contributed by atoms with Crippen molar-refractivity contribution < 1.29 is 19.1 Å². The zero-order valence-electron chi connectivity index (χ0n) is 18.4. The Bertz CT molecular complexity index is 846. The largest absolute Gasteiger partial charge is 0.465 e. The highest BCUT2D eigenvalue weighted by atomic mass is 16.5. The van der Waals surface area contributed by atoms with Crippen molar-refractivity contribution in [3.63, 3.8) is 0 Å². The molecule has 8 heteroatoms. The summed E-state index contributed by atoms with van der Waals surface area (Å²) in [6.07, 6.45) is 13.1. The second-order valence-corrected chi connectivity index (χ2v) is 7.44. The van der Waals surface area contributed by atoms with Gasteiger partial charge in [0.1, 0.15) is 0 Å². The van der Waals surface area contributed by atoms with Crippen molar-refractivity contribution in [3.8, 4) is 0 Å². The number of aromatic nitrogens is 2. The molecule has 0 aliphatic heterocycles. The lowest BCUT2D eigenvalue weighted by Crippen LogP contribution is -2.41. The summed E-state index contributed by atoms with van der Waals surface area (Å²) in [6.45, 7) is 2.99. The van der Waals surface area contributed by atoms with Crippen molar-refractivity contribution in [2.45, 2.75) is 64.8 Å². The standard InChI is InChI=1S/C23H32N4O4/c1-3-4-5-6-7-8-9-10-15-27-17-20(16-24-27)22(29)26-25-21(28)18-11-13-19(14-12-18)23(30)31-2/h11-14,16-17H,3-10,15H2,1-2H3,(H,25,28)(H,26,29). The van der Waals surface area contributed by atoms with E-state index in [1.54, 1.807) is 10.9 Å². The van der Waals surface area contributed by atoms with E-state index in [1.165, 1.54) is 76.1 Å². The summed E-state index contributed by atoms with van der Waals surface area (Å²) >= 11 is 0. The van der Waals surface area contributed by atoms with E-state index in [0.717, 1.165) is 19.4 Å². The number of nitrogens with one attached hydrogen (secondary N) is 2. The van der Waals surface area contributed by atoms with Gasteiger partial charge in [-0.25, -0.2) is 4.79 Å². The Kier molecular flexibility index (Phi) is 10.3. The summed E-state index contributed by atoms with van der Waals surface area (Å²) in [5, 5.41) is 4.21. The Morgan fingerprint density at radius 2 is 1.39 bits per heavy atom. The minimum atomic E-state index is -0.490. The lowest BCUT2D eigenvalue weighted by atomic mass is 10.1. The first-order chi connectivity index (χ1) is 15.0. The smallest absolute Gasteiger partial charge is 0.337 e. The molecule has 8 nitrogen and oxygen atoms in total. The maximum atomic E-state index is 12.2. The number of hydrazine groups is 1. The lowest BCUT2D eigenvalue weighted by molar-refractivity contribution is 0.0600. The van der Waals surface area contributed by atoms with Crippen molar-refractivity contribution in [1.82, 2.24) is 20.6 Å². The number of carbonyl (C=O) groups is 3. The van der Waals surface area contributed by atoms with Crippen LogP contribution < -0.4 is 10.9 Å². The molecule has 0 aliphatic carbocycles. The molecule has 0 radical (unpaired) electrons. The highest BCUT2D eigenvalue weighted by Gasteiger charge is 2.12. The Morgan fingerprint density at radius 1 is 0.839 bits per heavy atom. The molecule has 0 unspecified atom stereocenters. The van der Waals surface area contributed by atoms with Crippen LogP contribution in [-0.2, 0) is 11.3 Å². The number of nitrogens with zero attached hydrogens (tertiary/aromatic N) is 2. The molecule has 0 aliphatic rings. The molecule has 0 fully saturated rings. The normalized spacial score (nSPS) is 10.5. The van der Waals surface area contributed by atoms with Crippen molar-refractivity contribution in [1.29, 1.82) is 0 Å². The number of hydrogen-bond acceptors (Lipinski definition) is 5. The fraction of sp³-hybridized carbons (Fsp3) is 0.478. The number of benzene rings is 1. The number of methoxy groups -OCH3 is 1. The minimum Gasteiger partial charge on any atom is -0.465 e. The second kappa shape index (κ2) is 13.2. The lowest BCUT2D eigenvalue weighted by Gasteiger charge is -2.07. The molecule has 1 aromatic heterocycles. The van der Waals surface area contributed by atoms with Crippen LogP contribution in [0.3, 0.4) is 0 Å². The number of ether oxygens (including phenoxy) is 1. The second-order valence-electron chi connectivity index (χ2n) is 7.44. The molecule has 0 saturated carbocycles. The molecule has 1 heterocycles. The van der Waals surface area contributed by atoms with Crippen LogP contribution in [0.4, 0.5) is 0 Å². The molecule has 2 N–H and O–H groups in total. The van der Waals surface area contributed by atoms with Crippen LogP contribution in [0.25, 0.3) is 0 Å². The number of unbranched alkanes of at least 4 members (excludes halogenated alkanes) is 7. The number of esters is 1. The molecule has 31 heavy (non-hydrogen) atoms. The summed E-state index contributed by atoms with van der Waals surface area (Å²) in [5.74, 6) is -1.41. The summed E-state index contributed by atoms with van der Waals surface area (Å²) in [7, 11) is 1.29. The van der Waals surface area contributed by atoms with Gasteiger partial charge in [-0.1, -0.05) is 51.9 Å². The average molecular weight is 429 g/mol. The van der Waals surface area contributed by atoms with E-state index in [4.69, 9.17) is 0 Å². The van der Waals surface area contributed by atoms with Gasteiger partial charge in [-0.15, -0.1) is 0 Å².